The molecule has 33 heavy (non-hydrogen) atoms. The monoisotopic (exact) mass is 466 g/mol. The van der Waals surface area contributed by atoms with E-state index in [-0.39, 0.29) is 16.2 Å². The van der Waals surface area contributed by atoms with Crippen LogP contribution in [-0.4, -0.2) is 11.5 Å². The summed E-state index contributed by atoms with van der Waals surface area (Å²) < 4.78 is 0. The topological polar surface area (TPSA) is 0 Å². The van der Waals surface area contributed by atoms with Gasteiger partial charge in [-0.25, -0.2) is 0 Å². The van der Waals surface area contributed by atoms with E-state index in [0.717, 1.165) is 6.42 Å². The number of hydrogen-bond donors (Lipinski definition) is 0. The predicted molar refractivity (Wildman–Crippen MR) is 151 cm³/mol. The maximum absolute atomic E-state index is 2.60. The van der Waals surface area contributed by atoms with E-state index in [9.17, 15) is 0 Å². The SMILES string of the molecule is CC(C)(C)c1ccc(S(C)(C2=CCC(C)(C(C)(C)C)C=C2)C2C=CC(C(C)(C)C)CC2)cc1. The molecule has 2 aliphatic carbocycles. The summed E-state index contributed by atoms with van der Waals surface area (Å²) in [5, 5.41) is 0.603. The lowest BCUT2D eigenvalue weighted by Gasteiger charge is -2.49. The van der Waals surface area contributed by atoms with Crippen molar-refractivity contribution >= 4 is 10.0 Å². The third kappa shape index (κ3) is 5.24. The fourth-order valence-electron chi connectivity index (χ4n) is 5.22. The molecule has 3 rings (SSSR count). The van der Waals surface area contributed by atoms with Gasteiger partial charge in [0.25, 0.3) is 0 Å². The van der Waals surface area contributed by atoms with Crippen LogP contribution in [0.4, 0.5) is 0 Å². The van der Waals surface area contributed by atoms with Gasteiger partial charge < -0.3 is 0 Å². The molecule has 1 heteroatoms. The van der Waals surface area contributed by atoms with E-state index in [2.05, 4.69) is 130 Å². The Hall–Kier alpha value is -1.21. The molecule has 0 aromatic heterocycles. The average molecular weight is 467 g/mol. The number of hydrogen-bond acceptors (Lipinski definition) is 0. The zero-order valence-electron chi connectivity index (χ0n) is 23.4. The second-order valence-corrected chi connectivity index (χ2v) is 17.6. The summed E-state index contributed by atoms with van der Waals surface area (Å²) >= 11 is 0. The Morgan fingerprint density at radius 1 is 0.848 bits per heavy atom. The van der Waals surface area contributed by atoms with E-state index in [1.807, 2.05) is 0 Å². The molecule has 0 aliphatic heterocycles. The van der Waals surface area contributed by atoms with Crippen LogP contribution in [0.25, 0.3) is 0 Å². The quantitative estimate of drug-likeness (QED) is 0.389. The van der Waals surface area contributed by atoms with Crippen molar-refractivity contribution in [3.63, 3.8) is 0 Å². The molecule has 0 spiro atoms. The highest BCUT2D eigenvalue weighted by atomic mass is 32.3. The van der Waals surface area contributed by atoms with E-state index in [1.54, 1.807) is 4.91 Å². The summed E-state index contributed by atoms with van der Waals surface area (Å²) in [5.41, 5.74) is 2.43. The molecule has 184 valence electrons. The molecule has 4 unspecified atom stereocenters. The van der Waals surface area contributed by atoms with Crippen LogP contribution in [-0.2, 0) is 5.41 Å². The molecular formula is C32H50S. The molecule has 0 heterocycles. The molecule has 0 fully saturated rings. The molecule has 1 aromatic carbocycles. The van der Waals surface area contributed by atoms with Crippen LogP contribution in [0.1, 0.15) is 94.1 Å². The minimum absolute atomic E-state index is 0.188. The highest BCUT2D eigenvalue weighted by Crippen LogP contribution is 2.67. The molecule has 0 amide bonds. The van der Waals surface area contributed by atoms with Crippen LogP contribution >= 0.6 is 10.0 Å². The summed E-state index contributed by atoms with van der Waals surface area (Å²) in [4.78, 5) is 3.12. The molecule has 0 saturated carbocycles. The van der Waals surface area contributed by atoms with E-state index < -0.39 is 10.0 Å². The van der Waals surface area contributed by atoms with Crippen LogP contribution in [0.5, 0.6) is 0 Å². The van der Waals surface area contributed by atoms with Crippen molar-refractivity contribution < 1.29 is 0 Å². The molecule has 0 nitrogen and oxygen atoms in total. The minimum Gasteiger partial charge on any atom is -0.184 e. The maximum atomic E-state index is 2.60. The smallest absolute Gasteiger partial charge is 0.0144 e. The van der Waals surface area contributed by atoms with E-state index in [1.165, 1.54) is 23.3 Å². The van der Waals surface area contributed by atoms with Gasteiger partial charge in [-0.05, 0) is 80.6 Å². The van der Waals surface area contributed by atoms with Gasteiger partial charge in [-0.1, -0.05) is 112 Å². The van der Waals surface area contributed by atoms with Crippen LogP contribution in [0.2, 0.25) is 0 Å². The fourth-order valence-corrected chi connectivity index (χ4v) is 8.68. The third-order valence-electron chi connectivity index (χ3n) is 8.79. The van der Waals surface area contributed by atoms with Crippen molar-refractivity contribution in [2.24, 2.45) is 22.2 Å². The summed E-state index contributed by atoms with van der Waals surface area (Å²) in [5.74, 6) is 0.681. The van der Waals surface area contributed by atoms with Crippen molar-refractivity contribution in [3.8, 4) is 0 Å². The molecule has 0 N–H and O–H groups in total. The summed E-state index contributed by atoms with van der Waals surface area (Å²) in [6.45, 7) is 23.7. The number of benzene rings is 1. The summed E-state index contributed by atoms with van der Waals surface area (Å²) in [6.07, 6.45) is 19.1. The average Bonchev–Trinajstić information content (AvgIpc) is 2.72. The van der Waals surface area contributed by atoms with Crippen LogP contribution in [0.3, 0.4) is 0 Å². The zero-order chi connectivity index (χ0) is 24.9. The van der Waals surface area contributed by atoms with Gasteiger partial charge >= 0.3 is 0 Å². The lowest BCUT2D eigenvalue weighted by atomic mass is 9.65. The largest absolute Gasteiger partial charge is 0.184 e. The third-order valence-corrected chi connectivity index (χ3v) is 12.9. The first-order valence-corrected chi connectivity index (χ1v) is 15.0. The van der Waals surface area contributed by atoms with Crippen molar-refractivity contribution in [1.82, 2.24) is 0 Å². The van der Waals surface area contributed by atoms with Crippen LogP contribution < -0.4 is 0 Å². The fraction of sp³-hybridized carbons (Fsp3) is 0.625. The highest BCUT2D eigenvalue weighted by molar-refractivity contribution is 8.37. The molecule has 2 aliphatic rings. The standard InChI is InChI=1S/C32H50S/c1-29(2,3)24-12-16-26(17-13-24)33(11,27-18-14-25(15-19-27)30(4,5)6)28-20-22-32(10,23-21-28)31(7,8)9/h12-14,16-18,20-22,25,27H,15,19,23H2,1-11H3. The Bertz CT molecular complexity index is 923. The Balaban J connectivity index is 2.04. The lowest BCUT2D eigenvalue weighted by molar-refractivity contribution is 0.170. The Labute approximate surface area is 207 Å². The van der Waals surface area contributed by atoms with E-state index >= 15 is 0 Å². The van der Waals surface area contributed by atoms with Gasteiger partial charge in [0.15, 0.2) is 0 Å². The van der Waals surface area contributed by atoms with Crippen molar-refractivity contribution in [2.45, 2.75) is 104 Å². The molecule has 1 aromatic rings. The first kappa shape index (κ1) is 26.4. The van der Waals surface area contributed by atoms with Gasteiger partial charge in [0, 0.05) is 5.25 Å². The molecular weight excluding hydrogens is 416 g/mol. The highest BCUT2D eigenvalue weighted by Gasteiger charge is 2.40. The van der Waals surface area contributed by atoms with Crippen molar-refractivity contribution in [2.75, 3.05) is 6.26 Å². The Morgan fingerprint density at radius 2 is 1.45 bits per heavy atom. The molecule has 0 bridgehead atoms. The van der Waals surface area contributed by atoms with Gasteiger partial charge in [-0.15, -0.1) is 0 Å². The first-order chi connectivity index (χ1) is 15.0. The predicted octanol–water partition coefficient (Wildman–Crippen LogP) is 10.1. The lowest BCUT2D eigenvalue weighted by Crippen LogP contribution is -2.32. The van der Waals surface area contributed by atoms with Gasteiger partial charge in [-0.2, -0.15) is 10.0 Å². The Kier molecular flexibility index (Phi) is 7.02. The van der Waals surface area contributed by atoms with Gasteiger partial charge in [-0.3, -0.25) is 0 Å². The second-order valence-electron chi connectivity index (χ2n) is 14.0. The maximum Gasteiger partial charge on any atom is 0.0144 e. The second kappa shape index (κ2) is 8.78. The summed E-state index contributed by atoms with van der Waals surface area (Å²) in [6, 6.07) is 9.67. The van der Waals surface area contributed by atoms with Crippen molar-refractivity contribution in [3.05, 3.63) is 65.1 Å². The van der Waals surface area contributed by atoms with E-state index in [0.29, 0.717) is 16.6 Å². The molecule has 0 radical (unpaired) electrons. The Morgan fingerprint density at radius 3 is 1.85 bits per heavy atom. The molecule has 4 atom stereocenters. The van der Waals surface area contributed by atoms with Gasteiger partial charge in [0.1, 0.15) is 0 Å². The normalized spacial score (nSPS) is 29.4. The minimum atomic E-state index is -1.16. The number of rotatable bonds is 3. The van der Waals surface area contributed by atoms with Crippen molar-refractivity contribution in [1.29, 1.82) is 0 Å². The summed E-state index contributed by atoms with van der Waals surface area (Å²) in [7, 11) is -1.16. The first-order valence-electron chi connectivity index (χ1n) is 12.9. The zero-order valence-corrected chi connectivity index (χ0v) is 24.2. The number of allylic oxidation sites excluding steroid dienone is 4. The molecule has 0 saturated heterocycles. The van der Waals surface area contributed by atoms with Crippen LogP contribution in [0, 0.1) is 22.2 Å². The van der Waals surface area contributed by atoms with Gasteiger partial charge in [0.2, 0.25) is 0 Å². The van der Waals surface area contributed by atoms with Crippen LogP contribution in [0.15, 0.2) is 64.4 Å². The van der Waals surface area contributed by atoms with E-state index in [4.69, 9.17) is 0 Å². The van der Waals surface area contributed by atoms with Gasteiger partial charge in [0.05, 0.1) is 0 Å².